The monoisotopic (exact) mass is 1150 g/mol. The summed E-state index contributed by atoms with van der Waals surface area (Å²) in [5, 5.41) is 60.6. The summed E-state index contributed by atoms with van der Waals surface area (Å²) in [7, 11) is -11.0. The number of carboxylic acids is 1. The molecule has 0 amide bonds. The molecule has 11 N–H and O–H groups in total. The number of carbonyl (C=O) groups excluding carboxylic acids is 2. The molecule has 0 aliphatic heterocycles. The molecule has 11 atom stereocenters. The summed E-state index contributed by atoms with van der Waals surface area (Å²) in [6, 6.07) is -1.33. The number of carbonyl (C=O) groups is 3. The van der Waals surface area contributed by atoms with Crippen LogP contribution in [0.5, 0.6) is 0 Å². The smallest absolute Gasteiger partial charge is 0.472 e. The fraction of sp³-hybridized carbons (Fsp3) is 0.611. The van der Waals surface area contributed by atoms with E-state index in [4.69, 9.17) is 29.4 Å². The van der Waals surface area contributed by atoms with E-state index in [1.54, 1.807) is 30.4 Å². The number of aliphatic hydroxyl groups is 5. The van der Waals surface area contributed by atoms with Crippen LogP contribution in [0.1, 0.15) is 129 Å². The zero-order chi connectivity index (χ0) is 57.3. The molecule has 0 heterocycles. The Labute approximate surface area is 459 Å². The van der Waals surface area contributed by atoms with Crippen molar-refractivity contribution in [2.75, 3.05) is 19.0 Å². The fourth-order valence-electron chi connectivity index (χ4n) is 7.09. The first kappa shape index (κ1) is 71.4. The van der Waals surface area contributed by atoms with Crippen LogP contribution in [-0.4, -0.2) is 142 Å². The second-order valence-electron chi connectivity index (χ2n) is 18.1. The second kappa shape index (κ2) is 43.2. The van der Waals surface area contributed by atoms with Crippen LogP contribution in [0.2, 0.25) is 0 Å². The Morgan fingerprint density at radius 3 is 1.62 bits per heavy atom. The molecule has 1 unspecified atom stereocenters. The minimum absolute atomic E-state index is 0.111. The maximum absolute atomic E-state index is 13.2. The molecule has 77 heavy (non-hydrogen) atoms. The van der Waals surface area contributed by atoms with E-state index in [0.717, 1.165) is 63.1 Å². The lowest BCUT2D eigenvalue weighted by Crippen LogP contribution is -2.64. The van der Waals surface area contributed by atoms with Crippen molar-refractivity contribution in [1.82, 2.24) is 0 Å². The van der Waals surface area contributed by atoms with Crippen molar-refractivity contribution in [3.05, 3.63) is 109 Å². The van der Waals surface area contributed by atoms with Crippen molar-refractivity contribution in [3.8, 4) is 0 Å². The molecular formula is C54H87NO19P2S. The summed E-state index contributed by atoms with van der Waals surface area (Å²) in [6.07, 6.45) is 32.2. The van der Waals surface area contributed by atoms with E-state index < -0.39 is 107 Å². The number of hydrogen-bond acceptors (Lipinski definition) is 17. The Balaban J connectivity index is 3.03. The minimum Gasteiger partial charge on any atom is -0.481 e. The van der Waals surface area contributed by atoms with E-state index in [1.165, 1.54) is 25.7 Å². The lowest BCUT2D eigenvalue weighted by Gasteiger charge is -2.43. The number of hydrogen-bond donors (Lipinski definition) is 10. The molecule has 1 aliphatic rings. The van der Waals surface area contributed by atoms with Gasteiger partial charge < -0.3 is 60.5 Å². The zero-order valence-electron chi connectivity index (χ0n) is 44.5. The zero-order valence-corrected chi connectivity index (χ0v) is 47.1. The molecule has 438 valence electrons. The van der Waals surface area contributed by atoms with Gasteiger partial charge in [-0.3, -0.25) is 28.0 Å². The molecule has 0 aromatic rings. The average molecular weight is 1150 g/mol. The van der Waals surface area contributed by atoms with Gasteiger partial charge in [0.25, 0.3) is 0 Å². The third-order valence-electron chi connectivity index (χ3n) is 11.3. The minimum atomic E-state index is -5.52. The molecule has 1 aliphatic carbocycles. The number of phosphoric ester groups is 2. The Morgan fingerprint density at radius 1 is 0.610 bits per heavy atom. The highest BCUT2D eigenvalue weighted by Gasteiger charge is 2.54. The Hall–Kier alpha value is -3.60. The van der Waals surface area contributed by atoms with Gasteiger partial charge in [-0.1, -0.05) is 149 Å². The van der Waals surface area contributed by atoms with Crippen LogP contribution in [0.15, 0.2) is 109 Å². The maximum Gasteiger partial charge on any atom is 0.472 e. The standard InChI is InChI=1S/C54H87NO19P2S/c1-3-5-7-9-11-13-15-17-18-19-20-21-22-23-25-27-29-31-33-38-47(59)72-42(40-71-76(68,69)74-53-51(63)49(61)48(60)50(62)52(53)73-75(65,66)67)39-70-54(64)43(55)41-77-45(44(56)35-34-37-46(57)58)36-32-30-28-26-24-16-14-12-10-8-6-4-2/h11-14,17-18,20-21,23-26,28-32,36,42-45,48-53,56,60-63H,3-10,15-16,19,22,27,33-35,37-41,55H2,1-2H3,(H,57,58)(H,68,69)(H2,65,66,67)/b13-11-,14-12-,18-17-,21-20-,25-23-,26-24-,30-28+,31-29-,36-32+/t42-,43+,44+,45-,48+,49+,50-,51-,52-,53+/m1/s1. The van der Waals surface area contributed by atoms with E-state index in [2.05, 4.69) is 67.0 Å². The van der Waals surface area contributed by atoms with E-state index in [9.17, 15) is 63.7 Å². The normalized spacial score (nSPS) is 22.2. The van der Waals surface area contributed by atoms with Crippen LogP contribution < -0.4 is 5.73 Å². The Bertz CT molecular complexity index is 2020. The van der Waals surface area contributed by atoms with Gasteiger partial charge in [-0.2, -0.15) is 0 Å². The van der Waals surface area contributed by atoms with E-state index in [-0.39, 0.29) is 37.9 Å². The largest absolute Gasteiger partial charge is 0.481 e. The lowest BCUT2D eigenvalue weighted by molar-refractivity contribution is -0.216. The van der Waals surface area contributed by atoms with E-state index in [1.807, 2.05) is 30.4 Å². The van der Waals surface area contributed by atoms with E-state index >= 15 is 0 Å². The van der Waals surface area contributed by atoms with Gasteiger partial charge in [-0.25, -0.2) is 9.13 Å². The number of rotatable bonds is 43. The van der Waals surface area contributed by atoms with Gasteiger partial charge in [0.15, 0.2) is 6.10 Å². The van der Waals surface area contributed by atoms with E-state index in [0.29, 0.717) is 6.42 Å². The fourth-order valence-corrected chi connectivity index (χ4v) is 9.75. The Morgan fingerprint density at radius 2 is 1.10 bits per heavy atom. The number of aliphatic hydroxyl groups excluding tert-OH is 5. The molecule has 0 saturated heterocycles. The molecule has 1 rings (SSSR count). The summed E-state index contributed by atoms with van der Waals surface area (Å²) < 4.78 is 49.9. The van der Waals surface area contributed by atoms with Gasteiger partial charge in [0.2, 0.25) is 0 Å². The van der Waals surface area contributed by atoms with Crippen molar-refractivity contribution >= 4 is 45.3 Å². The van der Waals surface area contributed by atoms with Crippen molar-refractivity contribution in [1.29, 1.82) is 0 Å². The highest BCUT2D eigenvalue weighted by molar-refractivity contribution is 8.00. The molecule has 1 saturated carbocycles. The van der Waals surface area contributed by atoms with Gasteiger partial charge in [0, 0.05) is 23.8 Å². The highest BCUT2D eigenvalue weighted by atomic mass is 32.2. The van der Waals surface area contributed by atoms with Gasteiger partial charge in [0.1, 0.15) is 49.3 Å². The predicted molar refractivity (Wildman–Crippen MR) is 297 cm³/mol. The Kier molecular flexibility index (Phi) is 40.1. The van der Waals surface area contributed by atoms with Crippen LogP contribution in [0.25, 0.3) is 0 Å². The third-order valence-corrected chi connectivity index (χ3v) is 14.2. The summed E-state index contributed by atoms with van der Waals surface area (Å²) in [5.41, 5.74) is 6.17. The number of allylic oxidation sites excluding steroid dienone is 17. The first-order valence-corrected chi connectivity index (χ1v) is 30.4. The number of esters is 2. The van der Waals surface area contributed by atoms with Crippen LogP contribution in [0, 0.1) is 0 Å². The SMILES string of the molecule is CCCCC/C=C\C\C=C/C=C/C=C/[C@@H](SC[C@H](N)C(=O)OC[C@H](COP(=O)(O)O[C@H]1[C@H](O)[C@@H](O)[C@H](O)[C@@H](O)[C@H]1OP(=O)(O)O)OC(=O)CC/C=C\C/C=C\C/C=C\C/C=C\C/C=C\CCCCC)[C@@H](O)CCCC(=O)O. The van der Waals surface area contributed by atoms with Gasteiger partial charge in [0.05, 0.1) is 12.7 Å². The van der Waals surface area contributed by atoms with Gasteiger partial charge in [-0.05, 0) is 77.0 Å². The van der Waals surface area contributed by atoms with Crippen molar-refractivity contribution in [2.45, 2.75) is 190 Å². The van der Waals surface area contributed by atoms with Crippen LogP contribution in [-0.2, 0) is 46.6 Å². The molecule has 0 aromatic heterocycles. The summed E-state index contributed by atoms with van der Waals surface area (Å²) in [5.74, 6) is -3.00. The van der Waals surface area contributed by atoms with Crippen LogP contribution >= 0.6 is 27.4 Å². The van der Waals surface area contributed by atoms with Crippen molar-refractivity contribution in [3.63, 3.8) is 0 Å². The quantitative estimate of drug-likeness (QED) is 0.00914. The number of phosphoric acid groups is 2. The number of aliphatic carboxylic acids is 1. The summed E-state index contributed by atoms with van der Waals surface area (Å²) in [6.45, 7) is 2.52. The molecule has 0 radical (unpaired) electrons. The van der Waals surface area contributed by atoms with Crippen molar-refractivity contribution < 1.29 is 91.9 Å². The number of ether oxygens (including phenoxy) is 2. The van der Waals surface area contributed by atoms with Crippen molar-refractivity contribution in [2.24, 2.45) is 5.73 Å². The predicted octanol–water partition coefficient (Wildman–Crippen LogP) is 7.82. The number of nitrogens with two attached hydrogens (primary N) is 1. The molecule has 1 fully saturated rings. The summed E-state index contributed by atoms with van der Waals surface area (Å²) in [4.78, 5) is 66.7. The number of unbranched alkanes of at least 4 members (excludes halogenated alkanes) is 6. The van der Waals surface area contributed by atoms with Crippen LogP contribution in [0.4, 0.5) is 0 Å². The first-order chi connectivity index (χ1) is 36.7. The molecule has 0 aromatic carbocycles. The molecular weight excluding hydrogens is 1060 g/mol. The third kappa shape index (κ3) is 36.3. The maximum atomic E-state index is 13.2. The molecule has 0 spiro atoms. The highest BCUT2D eigenvalue weighted by Crippen LogP contribution is 2.50. The van der Waals surface area contributed by atoms with Gasteiger partial charge in [-0.15, -0.1) is 11.8 Å². The second-order valence-corrected chi connectivity index (χ2v) is 21.9. The summed E-state index contributed by atoms with van der Waals surface area (Å²) >= 11 is 1.10. The molecule has 0 bridgehead atoms. The topological polar surface area (TPSA) is 340 Å². The first-order valence-electron chi connectivity index (χ1n) is 26.4. The van der Waals surface area contributed by atoms with Gasteiger partial charge >= 0.3 is 33.6 Å². The number of thioether (sulfide) groups is 1. The molecule has 23 heteroatoms. The average Bonchev–Trinajstić information content (AvgIpc) is 3.38. The lowest BCUT2D eigenvalue weighted by atomic mass is 9.85. The van der Waals surface area contributed by atoms with Crippen LogP contribution in [0.3, 0.4) is 0 Å². The number of carboxylic acid groups (broad SMARTS) is 1. The molecule has 20 nitrogen and oxygen atoms in total.